The molecule has 1 atom stereocenters. The largest absolute Gasteiger partial charge is 0.356 e. The van der Waals surface area contributed by atoms with Crippen LogP contribution in [0.3, 0.4) is 0 Å². The van der Waals surface area contributed by atoms with Gasteiger partial charge in [-0.2, -0.15) is 0 Å². The van der Waals surface area contributed by atoms with Gasteiger partial charge in [0.05, 0.1) is 0 Å². The summed E-state index contributed by atoms with van der Waals surface area (Å²) in [6.07, 6.45) is 4.68. The van der Waals surface area contributed by atoms with Gasteiger partial charge in [-0.25, -0.2) is 0 Å². The van der Waals surface area contributed by atoms with E-state index in [0.717, 1.165) is 31.5 Å². The average molecular weight is 383 g/mol. The van der Waals surface area contributed by atoms with Gasteiger partial charge >= 0.3 is 0 Å². The minimum atomic E-state index is -0.0250. The molecule has 142 valence electrons. The number of benzene rings is 2. The molecule has 1 amide bonds. The number of aryl methyl sites for hydroxylation is 1. The van der Waals surface area contributed by atoms with Crippen LogP contribution in [0.4, 0.5) is 0 Å². The maximum absolute atomic E-state index is 12.6. The lowest BCUT2D eigenvalue weighted by Gasteiger charge is -2.17. The Bertz CT molecular complexity index is 916. The maximum Gasteiger partial charge on any atom is 0.220 e. The van der Waals surface area contributed by atoms with Crippen molar-refractivity contribution in [2.45, 2.75) is 45.6 Å². The lowest BCUT2D eigenvalue weighted by Crippen LogP contribution is -2.26. The first-order valence-electron chi connectivity index (χ1n) is 9.74. The lowest BCUT2D eigenvalue weighted by atomic mass is 9.88. The van der Waals surface area contributed by atoms with Crippen molar-refractivity contribution in [3.8, 4) is 0 Å². The number of nitrogens with one attached hydrogen (secondary N) is 1. The molecule has 0 aliphatic rings. The number of rotatable bonds is 8. The number of carbonyl (C=O) groups excluding carboxylic acids is 1. The van der Waals surface area contributed by atoms with Gasteiger partial charge in [-0.15, -0.1) is 0 Å². The standard InChI is InChI=1S/C23H27ClN2O/c1-3-5-13-25-23(27)15-20(17-9-8-10-18(24)14-17)21-16-26(4-2)22-12-7-6-11-19(21)22/h6-12,14,16,20H,3-5,13,15H2,1-2H3,(H,25,27)/t20-/m0/s1. The zero-order chi connectivity index (χ0) is 19.2. The molecule has 0 fully saturated rings. The molecule has 1 aromatic heterocycles. The quantitative estimate of drug-likeness (QED) is 0.494. The summed E-state index contributed by atoms with van der Waals surface area (Å²) < 4.78 is 2.25. The molecule has 1 N–H and O–H groups in total. The Morgan fingerprint density at radius 3 is 2.70 bits per heavy atom. The molecule has 0 radical (unpaired) electrons. The van der Waals surface area contributed by atoms with Crippen molar-refractivity contribution >= 4 is 28.4 Å². The third kappa shape index (κ3) is 4.54. The van der Waals surface area contributed by atoms with Gasteiger partial charge in [-0.1, -0.05) is 55.3 Å². The topological polar surface area (TPSA) is 34.0 Å². The summed E-state index contributed by atoms with van der Waals surface area (Å²) in [5, 5.41) is 4.96. The Morgan fingerprint density at radius 2 is 1.96 bits per heavy atom. The zero-order valence-electron chi connectivity index (χ0n) is 16.0. The zero-order valence-corrected chi connectivity index (χ0v) is 16.8. The van der Waals surface area contributed by atoms with Crippen molar-refractivity contribution in [3.63, 3.8) is 0 Å². The summed E-state index contributed by atoms with van der Waals surface area (Å²) in [7, 11) is 0. The fourth-order valence-electron chi connectivity index (χ4n) is 3.61. The maximum atomic E-state index is 12.6. The monoisotopic (exact) mass is 382 g/mol. The third-order valence-electron chi connectivity index (χ3n) is 5.03. The van der Waals surface area contributed by atoms with Gasteiger partial charge in [-0.05, 0) is 42.7 Å². The molecule has 3 nitrogen and oxygen atoms in total. The van der Waals surface area contributed by atoms with E-state index in [1.807, 2.05) is 18.2 Å². The summed E-state index contributed by atoms with van der Waals surface area (Å²) in [6, 6.07) is 16.3. The van der Waals surface area contributed by atoms with Crippen LogP contribution in [0.5, 0.6) is 0 Å². The van der Waals surface area contributed by atoms with E-state index in [1.165, 1.54) is 16.5 Å². The van der Waals surface area contributed by atoms with Crippen LogP contribution < -0.4 is 5.32 Å². The number of para-hydroxylation sites is 1. The van der Waals surface area contributed by atoms with Gasteiger partial charge in [0.25, 0.3) is 0 Å². The summed E-state index contributed by atoms with van der Waals surface area (Å²) in [6.45, 7) is 5.89. The second kappa shape index (κ2) is 9.09. The van der Waals surface area contributed by atoms with E-state index in [4.69, 9.17) is 11.6 Å². The van der Waals surface area contributed by atoms with Crippen molar-refractivity contribution in [3.05, 3.63) is 70.9 Å². The first-order valence-corrected chi connectivity index (χ1v) is 10.1. The van der Waals surface area contributed by atoms with Gasteiger partial charge in [0, 0.05) is 47.6 Å². The smallest absolute Gasteiger partial charge is 0.220 e. The van der Waals surface area contributed by atoms with Crippen LogP contribution in [0.1, 0.15) is 50.2 Å². The molecule has 3 aromatic rings. The summed E-state index contributed by atoms with van der Waals surface area (Å²) >= 11 is 6.26. The molecule has 0 saturated heterocycles. The van der Waals surface area contributed by atoms with Crippen molar-refractivity contribution in [1.82, 2.24) is 9.88 Å². The highest BCUT2D eigenvalue weighted by Gasteiger charge is 2.22. The molecule has 2 aromatic carbocycles. The molecule has 0 saturated carbocycles. The Balaban J connectivity index is 2.01. The molecule has 0 aliphatic heterocycles. The van der Waals surface area contributed by atoms with Gasteiger partial charge in [-0.3, -0.25) is 4.79 Å². The molecule has 0 unspecified atom stereocenters. The number of aromatic nitrogens is 1. The van der Waals surface area contributed by atoms with E-state index in [1.54, 1.807) is 0 Å². The molecule has 0 bridgehead atoms. The summed E-state index contributed by atoms with van der Waals surface area (Å²) in [4.78, 5) is 12.6. The average Bonchev–Trinajstić information content (AvgIpc) is 3.05. The summed E-state index contributed by atoms with van der Waals surface area (Å²) in [5.74, 6) is 0.0600. The van der Waals surface area contributed by atoms with Crippen LogP contribution in [0.15, 0.2) is 54.7 Å². The number of hydrogen-bond donors (Lipinski definition) is 1. The lowest BCUT2D eigenvalue weighted by molar-refractivity contribution is -0.121. The minimum absolute atomic E-state index is 0.0250. The predicted octanol–water partition coefficient (Wildman–Crippen LogP) is 5.75. The number of fused-ring (bicyclic) bond motifs is 1. The fraction of sp³-hybridized carbons (Fsp3) is 0.348. The van der Waals surface area contributed by atoms with Gasteiger partial charge in [0.15, 0.2) is 0 Å². The van der Waals surface area contributed by atoms with Gasteiger partial charge in [0.2, 0.25) is 5.91 Å². The molecule has 0 spiro atoms. The Kier molecular flexibility index (Phi) is 6.57. The van der Waals surface area contributed by atoms with Crippen molar-refractivity contribution in [2.24, 2.45) is 0 Å². The predicted molar refractivity (Wildman–Crippen MR) is 113 cm³/mol. The van der Waals surface area contributed by atoms with E-state index in [-0.39, 0.29) is 11.8 Å². The first kappa shape index (κ1) is 19.5. The van der Waals surface area contributed by atoms with E-state index in [2.05, 4.69) is 60.3 Å². The summed E-state index contributed by atoms with van der Waals surface area (Å²) in [5.41, 5.74) is 3.46. The normalized spacial score (nSPS) is 12.3. The number of nitrogens with zero attached hydrogens (tertiary/aromatic N) is 1. The number of carbonyl (C=O) groups is 1. The highest BCUT2D eigenvalue weighted by Crippen LogP contribution is 2.35. The van der Waals surface area contributed by atoms with Crippen molar-refractivity contribution < 1.29 is 4.79 Å². The Labute approximate surface area is 166 Å². The molecule has 3 rings (SSSR count). The van der Waals surface area contributed by atoms with Crippen LogP contribution in [-0.4, -0.2) is 17.0 Å². The van der Waals surface area contributed by atoms with Crippen LogP contribution in [0.25, 0.3) is 10.9 Å². The first-order chi connectivity index (χ1) is 13.1. The SMILES string of the molecule is CCCCNC(=O)C[C@@H](c1cccc(Cl)c1)c1cn(CC)c2ccccc12. The van der Waals surface area contributed by atoms with Crippen LogP contribution in [-0.2, 0) is 11.3 Å². The Hall–Kier alpha value is -2.26. The Morgan fingerprint density at radius 1 is 1.15 bits per heavy atom. The molecule has 1 heterocycles. The highest BCUT2D eigenvalue weighted by molar-refractivity contribution is 6.30. The molecular weight excluding hydrogens is 356 g/mol. The molecular formula is C23H27ClN2O. The van der Waals surface area contributed by atoms with Crippen LogP contribution >= 0.6 is 11.6 Å². The van der Waals surface area contributed by atoms with E-state index in [0.29, 0.717) is 11.4 Å². The minimum Gasteiger partial charge on any atom is -0.356 e. The fourth-order valence-corrected chi connectivity index (χ4v) is 3.81. The molecule has 4 heteroatoms. The van der Waals surface area contributed by atoms with E-state index < -0.39 is 0 Å². The molecule has 27 heavy (non-hydrogen) atoms. The van der Waals surface area contributed by atoms with Crippen LogP contribution in [0.2, 0.25) is 5.02 Å². The van der Waals surface area contributed by atoms with Gasteiger partial charge < -0.3 is 9.88 Å². The number of unbranched alkanes of at least 4 members (excludes halogenated alkanes) is 1. The van der Waals surface area contributed by atoms with E-state index >= 15 is 0 Å². The number of amides is 1. The van der Waals surface area contributed by atoms with Crippen LogP contribution in [0, 0.1) is 0 Å². The second-order valence-electron chi connectivity index (χ2n) is 6.90. The molecule has 0 aliphatic carbocycles. The third-order valence-corrected chi connectivity index (χ3v) is 5.26. The van der Waals surface area contributed by atoms with Gasteiger partial charge in [0.1, 0.15) is 0 Å². The second-order valence-corrected chi connectivity index (χ2v) is 7.34. The number of hydrogen-bond acceptors (Lipinski definition) is 1. The van der Waals surface area contributed by atoms with Crippen molar-refractivity contribution in [1.29, 1.82) is 0 Å². The van der Waals surface area contributed by atoms with Crippen molar-refractivity contribution in [2.75, 3.05) is 6.54 Å². The highest BCUT2D eigenvalue weighted by atomic mass is 35.5. The van der Waals surface area contributed by atoms with E-state index in [9.17, 15) is 4.79 Å². The number of halogens is 1.